The minimum atomic E-state index is -0.898. The van der Waals surface area contributed by atoms with Gasteiger partial charge in [0.1, 0.15) is 49.3 Å². The molecule has 3 aromatic carbocycles. The molecule has 4 unspecified atom stereocenters. The Morgan fingerprint density at radius 3 is 2.56 bits per heavy atom. The van der Waals surface area contributed by atoms with Crippen LogP contribution < -0.4 is 25.0 Å². The molecule has 0 spiro atoms. The summed E-state index contributed by atoms with van der Waals surface area (Å²) < 4.78 is 56.3. The van der Waals surface area contributed by atoms with E-state index in [4.69, 9.17) is 38.9 Å². The molecule has 3 aliphatic rings. The Balaban J connectivity index is 1.20. The number of allylic oxidation sites excluding steroid dienone is 1. The van der Waals surface area contributed by atoms with Crippen LogP contribution in [0.15, 0.2) is 79.1 Å². The molecule has 0 radical (unpaired) electrons. The molecular formula is C45H60FN5O12. The quantitative estimate of drug-likeness (QED) is 0.0497. The number of rotatable bonds is 25. The molecule has 3 aromatic rings. The minimum Gasteiger partial charge on any atom is -0.493 e. The number of hydrogen-bond donors (Lipinski definition) is 2. The first kappa shape index (κ1) is 47.1. The van der Waals surface area contributed by atoms with Crippen molar-refractivity contribution in [1.82, 2.24) is 4.90 Å². The fourth-order valence-corrected chi connectivity index (χ4v) is 8.00. The van der Waals surface area contributed by atoms with Crippen molar-refractivity contribution in [3.8, 4) is 11.5 Å². The van der Waals surface area contributed by atoms with Gasteiger partial charge in [-0.25, -0.2) is 9.18 Å². The summed E-state index contributed by atoms with van der Waals surface area (Å²) in [6.07, 6.45) is 0.737. The molecule has 17 nitrogen and oxygen atoms in total. The van der Waals surface area contributed by atoms with Crippen molar-refractivity contribution in [2.45, 2.75) is 56.5 Å². The lowest BCUT2D eigenvalue weighted by Crippen LogP contribution is -2.54. The topological polar surface area (TPSA) is 190 Å². The van der Waals surface area contributed by atoms with E-state index < -0.39 is 23.4 Å². The Hall–Kier alpha value is -5.40. The maximum absolute atomic E-state index is 13.9. The third kappa shape index (κ3) is 14.3. The number of amides is 1. The summed E-state index contributed by atoms with van der Waals surface area (Å²) in [5, 5.41) is 19.0. The second-order valence-corrected chi connectivity index (χ2v) is 15.5. The number of anilines is 2. The van der Waals surface area contributed by atoms with Crippen molar-refractivity contribution in [2.75, 3.05) is 108 Å². The number of nitrogens with two attached hydrogens (primary N) is 1. The van der Waals surface area contributed by atoms with Crippen LogP contribution in [-0.2, 0) is 35.1 Å². The zero-order chi connectivity index (χ0) is 44.4. The maximum atomic E-state index is 13.9. The highest BCUT2D eigenvalue weighted by molar-refractivity contribution is 5.68. The van der Waals surface area contributed by atoms with E-state index in [0.717, 1.165) is 41.2 Å². The molecule has 6 rings (SSSR count). The number of aliphatic hydroxyl groups is 1. The average Bonchev–Trinajstić information content (AvgIpc) is 3.75. The number of aliphatic hydroxyl groups excluding tert-OH is 1. The van der Waals surface area contributed by atoms with Gasteiger partial charge in [0.15, 0.2) is 0 Å². The summed E-state index contributed by atoms with van der Waals surface area (Å²) in [5.74, 6) is 1.35. The Morgan fingerprint density at radius 1 is 0.952 bits per heavy atom. The second kappa shape index (κ2) is 24.4. The summed E-state index contributed by atoms with van der Waals surface area (Å²) >= 11 is 0. The number of ether oxygens (including phenoxy) is 7. The second-order valence-electron chi connectivity index (χ2n) is 15.5. The van der Waals surface area contributed by atoms with Crippen LogP contribution in [0, 0.1) is 15.9 Å². The summed E-state index contributed by atoms with van der Waals surface area (Å²) in [6.45, 7) is 9.19. The fourth-order valence-electron chi connectivity index (χ4n) is 8.00. The third-order valence-corrected chi connectivity index (χ3v) is 11.0. The van der Waals surface area contributed by atoms with Gasteiger partial charge in [-0.1, -0.05) is 30.8 Å². The molecule has 63 heavy (non-hydrogen) atoms. The lowest BCUT2D eigenvalue weighted by molar-refractivity contribution is -0.758. The first-order chi connectivity index (χ1) is 30.7. The van der Waals surface area contributed by atoms with Crippen LogP contribution in [-0.4, -0.2) is 138 Å². The minimum absolute atomic E-state index is 0.0155. The Morgan fingerprint density at radius 2 is 1.76 bits per heavy atom. The summed E-state index contributed by atoms with van der Waals surface area (Å²) in [6, 6.07) is 20.4. The molecule has 0 saturated carbocycles. The van der Waals surface area contributed by atoms with E-state index in [9.17, 15) is 24.4 Å². The van der Waals surface area contributed by atoms with E-state index in [1.807, 2.05) is 48.5 Å². The van der Waals surface area contributed by atoms with Gasteiger partial charge in [0, 0.05) is 51.4 Å². The lowest BCUT2D eigenvalue weighted by Gasteiger charge is -2.43. The van der Waals surface area contributed by atoms with E-state index in [0.29, 0.717) is 76.8 Å². The lowest BCUT2D eigenvalue weighted by atomic mass is 9.84. The number of piperidine rings is 1. The largest absolute Gasteiger partial charge is 0.493 e. The Labute approximate surface area is 367 Å². The molecule has 4 atom stereocenters. The predicted molar refractivity (Wildman–Crippen MR) is 231 cm³/mol. The highest BCUT2D eigenvalue weighted by atomic mass is 19.1. The smallest absolute Gasteiger partial charge is 0.410 e. The average molecular weight is 882 g/mol. The number of fused-ring (bicyclic) bond motifs is 1. The number of carbonyl (C=O) groups excluding carboxylic acids is 1. The normalized spacial score (nSPS) is 19.6. The zero-order valence-corrected chi connectivity index (χ0v) is 35.7. The van der Waals surface area contributed by atoms with E-state index in [-0.39, 0.29) is 70.6 Å². The summed E-state index contributed by atoms with van der Waals surface area (Å²) in [5.41, 5.74) is 9.15. The van der Waals surface area contributed by atoms with E-state index >= 15 is 0 Å². The zero-order valence-electron chi connectivity index (χ0n) is 35.7. The SMILES string of the molecule is C=C(CCCOCCN)OC1CN(C(=O)OCCOCCO[N+](=O)[O-])CC(OCc2ccc3c(c2)N(CCCO)CCO3)C1c1ccc(OC2CCN(c3cccc(F)c3)C2)cc1. The van der Waals surface area contributed by atoms with Crippen molar-refractivity contribution in [3.05, 3.63) is 106 Å². The van der Waals surface area contributed by atoms with Gasteiger partial charge in [0.05, 0.1) is 76.1 Å². The van der Waals surface area contributed by atoms with Crippen LogP contribution in [0.5, 0.6) is 11.5 Å². The number of nitrogens with zero attached hydrogens (tertiary/aromatic N) is 4. The van der Waals surface area contributed by atoms with Gasteiger partial charge in [0.25, 0.3) is 5.09 Å². The van der Waals surface area contributed by atoms with Crippen molar-refractivity contribution < 1.29 is 57.4 Å². The van der Waals surface area contributed by atoms with Crippen LogP contribution in [0.2, 0.25) is 0 Å². The van der Waals surface area contributed by atoms with Crippen LogP contribution >= 0.6 is 0 Å². The van der Waals surface area contributed by atoms with Crippen LogP contribution in [0.1, 0.15) is 42.7 Å². The predicted octanol–water partition coefficient (Wildman–Crippen LogP) is 5.07. The molecule has 3 N–H and O–H groups in total. The first-order valence-corrected chi connectivity index (χ1v) is 21.6. The molecule has 1 amide bonds. The monoisotopic (exact) mass is 881 g/mol. The van der Waals surface area contributed by atoms with Gasteiger partial charge in [-0.2, -0.15) is 0 Å². The van der Waals surface area contributed by atoms with Gasteiger partial charge in [-0.15, -0.1) is 10.1 Å². The molecule has 2 fully saturated rings. The highest BCUT2D eigenvalue weighted by Crippen LogP contribution is 2.38. The molecule has 3 aliphatic heterocycles. The van der Waals surface area contributed by atoms with Gasteiger partial charge in [-0.3, -0.25) is 0 Å². The van der Waals surface area contributed by atoms with Crippen molar-refractivity contribution >= 4 is 17.5 Å². The Bertz CT molecular complexity index is 1910. The number of benzene rings is 3. The third-order valence-electron chi connectivity index (χ3n) is 11.0. The molecule has 344 valence electrons. The van der Waals surface area contributed by atoms with Gasteiger partial charge >= 0.3 is 6.09 Å². The Kier molecular flexibility index (Phi) is 18.3. The molecule has 18 heteroatoms. The number of likely N-dealkylation sites (tertiary alicyclic amines) is 1. The standard InChI is InChI=1S/C45H60FN5O12/c1-33(5-3-20-56-21-15-47)62-43-31-50(45(53)59-25-23-57-24-26-61-51(54)55)30-42(60-32-34-8-13-41-40(27-34)48(16-4-19-52)18-22-58-41)44(43)35-9-11-38(12-10-35)63-39-14-17-49(29-39)37-7-2-6-36(46)28-37/h2,6-13,27-28,39,42-44,52H,1,3-5,14-26,29-32,47H2. The summed E-state index contributed by atoms with van der Waals surface area (Å²) in [7, 11) is 0. The fraction of sp³-hybridized carbons (Fsp3) is 0.533. The van der Waals surface area contributed by atoms with Crippen LogP contribution in [0.25, 0.3) is 0 Å². The maximum Gasteiger partial charge on any atom is 0.410 e. The number of hydrogen-bond acceptors (Lipinski definition) is 15. The molecule has 3 heterocycles. The number of carbonyl (C=O) groups is 1. The van der Waals surface area contributed by atoms with Crippen LogP contribution in [0.4, 0.5) is 20.6 Å². The van der Waals surface area contributed by atoms with Crippen molar-refractivity contribution in [2.24, 2.45) is 5.73 Å². The molecular weight excluding hydrogens is 822 g/mol. The van der Waals surface area contributed by atoms with E-state index in [2.05, 4.69) is 21.2 Å². The molecule has 0 aromatic heterocycles. The molecule has 0 bridgehead atoms. The van der Waals surface area contributed by atoms with Gasteiger partial charge in [-0.05, 0) is 66.4 Å². The highest BCUT2D eigenvalue weighted by Gasteiger charge is 2.42. The van der Waals surface area contributed by atoms with E-state index in [1.54, 1.807) is 11.0 Å². The van der Waals surface area contributed by atoms with Crippen molar-refractivity contribution in [1.29, 1.82) is 0 Å². The van der Waals surface area contributed by atoms with Gasteiger partial charge < -0.3 is 63.5 Å². The first-order valence-electron chi connectivity index (χ1n) is 21.6. The van der Waals surface area contributed by atoms with Crippen molar-refractivity contribution in [3.63, 3.8) is 0 Å². The molecule has 2 saturated heterocycles. The van der Waals surface area contributed by atoms with Gasteiger partial charge in [0.2, 0.25) is 0 Å². The number of halogens is 1. The summed E-state index contributed by atoms with van der Waals surface area (Å²) in [4.78, 5) is 34.2. The molecule has 0 aliphatic carbocycles. The van der Waals surface area contributed by atoms with E-state index in [1.165, 1.54) is 12.1 Å². The van der Waals surface area contributed by atoms with Crippen LogP contribution in [0.3, 0.4) is 0 Å².